The molecule has 0 aromatic rings. The van der Waals surface area contributed by atoms with Crippen molar-refractivity contribution in [2.45, 2.75) is 39.8 Å². The maximum atomic E-state index is 11.4. The van der Waals surface area contributed by atoms with Gasteiger partial charge in [-0.15, -0.1) is 0 Å². The third-order valence-electron chi connectivity index (χ3n) is 2.19. The SMILES string of the molecule is CCOC(=O)C(N)C(=O)NC(C)C(C)C. The minimum absolute atomic E-state index is 0.0158. The molecule has 88 valence electrons. The Labute approximate surface area is 90.4 Å². The highest BCUT2D eigenvalue weighted by atomic mass is 16.5. The van der Waals surface area contributed by atoms with E-state index in [1.165, 1.54) is 0 Å². The van der Waals surface area contributed by atoms with Crippen LogP contribution in [0.3, 0.4) is 0 Å². The van der Waals surface area contributed by atoms with E-state index in [2.05, 4.69) is 10.1 Å². The van der Waals surface area contributed by atoms with E-state index < -0.39 is 17.9 Å². The number of nitrogens with one attached hydrogen (secondary N) is 1. The van der Waals surface area contributed by atoms with Gasteiger partial charge in [0.25, 0.3) is 0 Å². The summed E-state index contributed by atoms with van der Waals surface area (Å²) in [7, 11) is 0. The maximum absolute atomic E-state index is 11.4. The van der Waals surface area contributed by atoms with E-state index in [-0.39, 0.29) is 12.6 Å². The summed E-state index contributed by atoms with van der Waals surface area (Å²) in [6, 6.07) is -1.25. The van der Waals surface area contributed by atoms with E-state index in [1.54, 1.807) is 6.92 Å². The van der Waals surface area contributed by atoms with Crippen LogP contribution in [0.2, 0.25) is 0 Å². The molecular formula is C10H20N2O3. The topological polar surface area (TPSA) is 81.4 Å². The first-order valence-electron chi connectivity index (χ1n) is 5.12. The number of nitrogens with two attached hydrogens (primary N) is 1. The van der Waals surface area contributed by atoms with Crippen molar-refractivity contribution in [2.24, 2.45) is 11.7 Å². The molecule has 2 unspecified atom stereocenters. The summed E-state index contributed by atoms with van der Waals surface area (Å²) in [5.74, 6) is -0.885. The first kappa shape index (κ1) is 13.9. The zero-order valence-electron chi connectivity index (χ0n) is 9.74. The second-order valence-corrected chi connectivity index (χ2v) is 3.77. The van der Waals surface area contributed by atoms with Gasteiger partial charge in [-0.3, -0.25) is 4.79 Å². The number of carbonyl (C=O) groups excluding carboxylic acids is 2. The minimum Gasteiger partial charge on any atom is -0.464 e. The van der Waals surface area contributed by atoms with E-state index in [4.69, 9.17) is 5.73 Å². The molecule has 0 bridgehead atoms. The fourth-order valence-corrected chi connectivity index (χ4v) is 0.820. The molecule has 0 rings (SSSR count). The van der Waals surface area contributed by atoms with Gasteiger partial charge in [0, 0.05) is 6.04 Å². The predicted molar refractivity (Wildman–Crippen MR) is 57.1 cm³/mol. The molecule has 1 amide bonds. The smallest absolute Gasteiger partial charge is 0.332 e. The Bertz CT molecular complexity index is 229. The van der Waals surface area contributed by atoms with E-state index in [0.717, 1.165) is 0 Å². The summed E-state index contributed by atoms with van der Waals surface area (Å²) in [5, 5.41) is 2.65. The van der Waals surface area contributed by atoms with Gasteiger partial charge in [-0.25, -0.2) is 4.79 Å². The number of esters is 1. The molecule has 0 saturated heterocycles. The van der Waals surface area contributed by atoms with Crippen molar-refractivity contribution in [3.05, 3.63) is 0 Å². The third-order valence-corrected chi connectivity index (χ3v) is 2.19. The molecule has 3 N–H and O–H groups in total. The molecule has 5 nitrogen and oxygen atoms in total. The summed E-state index contributed by atoms with van der Waals surface area (Å²) in [6.07, 6.45) is 0. The van der Waals surface area contributed by atoms with Gasteiger partial charge in [0.2, 0.25) is 5.91 Å². The molecule has 0 radical (unpaired) electrons. The largest absolute Gasteiger partial charge is 0.464 e. The summed E-state index contributed by atoms with van der Waals surface area (Å²) in [4.78, 5) is 22.6. The Morgan fingerprint density at radius 3 is 2.27 bits per heavy atom. The molecule has 0 aromatic carbocycles. The molecule has 0 heterocycles. The van der Waals surface area contributed by atoms with Crippen molar-refractivity contribution in [3.63, 3.8) is 0 Å². The van der Waals surface area contributed by atoms with Crippen LogP contribution in [0.4, 0.5) is 0 Å². The summed E-state index contributed by atoms with van der Waals surface area (Å²) >= 11 is 0. The Kier molecular flexibility index (Phi) is 5.93. The molecule has 2 atom stereocenters. The first-order chi connectivity index (χ1) is 6.90. The highest BCUT2D eigenvalue weighted by molar-refractivity contribution is 6.01. The first-order valence-corrected chi connectivity index (χ1v) is 5.12. The number of rotatable bonds is 5. The van der Waals surface area contributed by atoms with Crippen LogP contribution in [0.15, 0.2) is 0 Å². The van der Waals surface area contributed by atoms with Crippen LogP contribution in [-0.4, -0.2) is 30.6 Å². The number of amides is 1. The van der Waals surface area contributed by atoms with E-state index in [9.17, 15) is 9.59 Å². The van der Waals surface area contributed by atoms with E-state index >= 15 is 0 Å². The van der Waals surface area contributed by atoms with Crippen LogP contribution in [0.1, 0.15) is 27.7 Å². The molecule has 0 aliphatic heterocycles. The van der Waals surface area contributed by atoms with Crippen LogP contribution in [0.5, 0.6) is 0 Å². The Morgan fingerprint density at radius 1 is 1.33 bits per heavy atom. The quantitative estimate of drug-likeness (QED) is 0.502. The van der Waals surface area contributed by atoms with Gasteiger partial charge in [-0.2, -0.15) is 0 Å². The van der Waals surface area contributed by atoms with E-state index in [1.807, 2.05) is 20.8 Å². The number of hydrogen-bond donors (Lipinski definition) is 2. The molecule has 0 fully saturated rings. The predicted octanol–water partition coefficient (Wildman–Crippen LogP) is 0.0375. The lowest BCUT2D eigenvalue weighted by Crippen LogP contribution is -2.50. The number of carbonyl (C=O) groups is 2. The Morgan fingerprint density at radius 2 is 1.87 bits per heavy atom. The molecule has 0 aromatic heterocycles. The van der Waals surface area contributed by atoms with Gasteiger partial charge in [0.15, 0.2) is 6.04 Å². The third kappa shape index (κ3) is 4.78. The molecule has 0 aliphatic rings. The van der Waals surface area contributed by atoms with Crippen molar-refractivity contribution in [1.29, 1.82) is 0 Å². The normalized spacial score (nSPS) is 14.5. The molecular weight excluding hydrogens is 196 g/mol. The van der Waals surface area contributed by atoms with Crippen LogP contribution in [0, 0.1) is 5.92 Å². The summed E-state index contributed by atoms with van der Waals surface area (Å²) in [6.45, 7) is 7.70. The fourth-order valence-electron chi connectivity index (χ4n) is 0.820. The van der Waals surface area contributed by atoms with Crippen LogP contribution >= 0.6 is 0 Å². The fraction of sp³-hybridized carbons (Fsp3) is 0.800. The highest BCUT2D eigenvalue weighted by Crippen LogP contribution is 2.00. The van der Waals surface area contributed by atoms with Crippen molar-refractivity contribution in [2.75, 3.05) is 6.61 Å². The van der Waals surface area contributed by atoms with Gasteiger partial charge in [-0.1, -0.05) is 13.8 Å². The molecule has 0 saturated carbocycles. The molecule has 15 heavy (non-hydrogen) atoms. The Hall–Kier alpha value is -1.10. The lowest BCUT2D eigenvalue weighted by atomic mass is 10.1. The standard InChI is InChI=1S/C10H20N2O3/c1-5-15-10(14)8(11)9(13)12-7(4)6(2)3/h6-8H,5,11H2,1-4H3,(H,12,13). The lowest BCUT2D eigenvalue weighted by Gasteiger charge is -2.19. The van der Waals surface area contributed by atoms with Crippen molar-refractivity contribution in [1.82, 2.24) is 5.32 Å². The zero-order valence-corrected chi connectivity index (χ0v) is 9.74. The van der Waals surface area contributed by atoms with Crippen LogP contribution < -0.4 is 11.1 Å². The molecule has 0 aliphatic carbocycles. The average Bonchev–Trinajstić information content (AvgIpc) is 2.16. The molecule has 0 spiro atoms. The van der Waals surface area contributed by atoms with Gasteiger partial charge in [0.1, 0.15) is 0 Å². The number of ether oxygens (including phenoxy) is 1. The second-order valence-electron chi connectivity index (χ2n) is 3.77. The van der Waals surface area contributed by atoms with Crippen molar-refractivity contribution < 1.29 is 14.3 Å². The van der Waals surface area contributed by atoms with Gasteiger partial charge < -0.3 is 15.8 Å². The zero-order chi connectivity index (χ0) is 12.0. The van der Waals surface area contributed by atoms with Crippen LogP contribution in [0.25, 0.3) is 0 Å². The number of hydrogen-bond acceptors (Lipinski definition) is 4. The van der Waals surface area contributed by atoms with Crippen LogP contribution in [-0.2, 0) is 14.3 Å². The van der Waals surface area contributed by atoms with Gasteiger partial charge in [0.05, 0.1) is 6.61 Å². The van der Waals surface area contributed by atoms with Gasteiger partial charge >= 0.3 is 5.97 Å². The van der Waals surface area contributed by atoms with Crippen molar-refractivity contribution >= 4 is 11.9 Å². The van der Waals surface area contributed by atoms with Gasteiger partial charge in [-0.05, 0) is 19.8 Å². The highest BCUT2D eigenvalue weighted by Gasteiger charge is 2.24. The Balaban J connectivity index is 4.15. The lowest BCUT2D eigenvalue weighted by molar-refractivity contribution is -0.148. The van der Waals surface area contributed by atoms with Crippen molar-refractivity contribution in [3.8, 4) is 0 Å². The minimum atomic E-state index is -1.23. The second kappa shape index (κ2) is 6.40. The average molecular weight is 216 g/mol. The summed E-state index contributed by atoms with van der Waals surface area (Å²) < 4.78 is 4.64. The maximum Gasteiger partial charge on any atom is 0.332 e. The summed E-state index contributed by atoms with van der Waals surface area (Å²) in [5.41, 5.74) is 5.41. The van der Waals surface area contributed by atoms with E-state index in [0.29, 0.717) is 5.92 Å². The molecule has 5 heteroatoms. The monoisotopic (exact) mass is 216 g/mol.